The van der Waals surface area contributed by atoms with Gasteiger partial charge in [-0.25, -0.2) is 9.07 Å². The summed E-state index contributed by atoms with van der Waals surface area (Å²) in [6.07, 6.45) is -2.27. The average Bonchev–Trinajstić information content (AvgIpc) is 2.86. The number of hydrogen-bond donors (Lipinski definition) is 0. The maximum absolute atomic E-state index is 13.2. The van der Waals surface area contributed by atoms with Gasteiger partial charge < -0.3 is 11.8 Å². The highest BCUT2D eigenvalue weighted by Gasteiger charge is 2.31. The molecule has 0 N–H and O–H groups in total. The Hall–Kier alpha value is -2.16. The van der Waals surface area contributed by atoms with Crippen molar-refractivity contribution >= 4 is 23.2 Å². The lowest BCUT2D eigenvalue weighted by Gasteiger charge is -2.25. The molecule has 0 saturated heterocycles. The van der Waals surface area contributed by atoms with Gasteiger partial charge in [0.1, 0.15) is 11.5 Å². The van der Waals surface area contributed by atoms with Gasteiger partial charge in [0.15, 0.2) is 11.1 Å². The number of carbonyl (C=O) groups excluding carboxylic acids is 1. The number of hydrogen-bond acceptors (Lipinski definition) is 3. The number of aromatic nitrogens is 3. The Morgan fingerprint density at radius 1 is 1.46 bits per heavy atom. The number of halogens is 5. The summed E-state index contributed by atoms with van der Waals surface area (Å²) in [5.74, 6) is -3.00. The summed E-state index contributed by atoms with van der Waals surface area (Å²) in [4.78, 5) is 16.7. The maximum Gasteiger partial charge on any atom is 0.387 e. The molecule has 1 amide bonds. The summed E-state index contributed by atoms with van der Waals surface area (Å²) in [7, 11) is 1.26. The Kier molecular flexibility index (Phi) is 5.12. The van der Waals surface area contributed by atoms with Crippen LogP contribution in [-0.4, -0.2) is 33.9 Å². The van der Waals surface area contributed by atoms with Gasteiger partial charge in [-0.2, -0.15) is 18.3 Å². The number of pyridine rings is 1. The van der Waals surface area contributed by atoms with Crippen LogP contribution in [0.5, 0.6) is 0 Å². The molecule has 0 saturated carbocycles. The van der Waals surface area contributed by atoms with E-state index < -0.39 is 30.2 Å². The molecule has 0 spiro atoms. The SMILES string of the molecule is [CH2-]C(CC(F)(F)F)C(=O)N(C)c1cn(-c2cncc(F)c2)nc1Cl. The zero-order valence-electron chi connectivity index (χ0n) is 12.4. The largest absolute Gasteiger partial charge is 0.387 e. The molecule has 2 aromatic rings. The average molecular weight is 364 g/mol. The molecule has 0 aromatic carbocycles. The Bertz CT molecular complexity index is 747. The minimum absolute atomic E-state index is 0.0711. The van der Waals surface area contributed by atoms with Gasteiger partial charge in [-0.3, -0.25) is 9.78 Å². The van der Waals surface area contributed by atoms with Crippen LogP contribution in [0.15, 0.2) is 24.7 Å². The van der Waals surface area contributed by atoms with Crippen molar-refractivity contribution in [3.05, 3.63) is 42.6 Å². The highest BCUT2D eigenvalue weighted by molar-refractivity contribution is 6.32. The van der Waals surface area contributed by atoms with Gasteiger partial charge in [0, 0.05) is 19.5 Å². The van der Waals surface area contributed by atoms with Crippen molar-refractivity contribution in [2.45, 2.75) is 12.6 Å². The van der Waals surface area contributed by atoms with E-state index in [2.05, 4.69) is 17.0 Å². The smallest absolute Gasteiger partial charge is 0.331 e. The van der Waals surface area contributed by atoms with Crippen LogP contribution >= 0.6 is 11.6 Å². The van der Waals surface area contributed by atoms with E-state index in [-0.39, 0.29) is 16.5 Å². The maximum atomic E-state index is 13.2. The van der Waals surface area contributed by atoms with Crippen LogP contribution in [0, 0.1) is 18.7 Å². The third kappa shape index (κ3) is 4.22. The lowest BCUT2D eigenvalue weighted by Crippen LogP contribution is -2.34. The normalized spacial score (nSPS) is 13.0. The summed E-state index contributed by atoms with van der Waals surface area (Å²) in [5.41, 5.74) is 0.312. The number of carbonyl (C=O) groups is 1. The fraction of sp³-hybridized carbons (Fsp3) is 0.286. The van der Waals surface area contributed by atoms with Gasteiger partial charge >= 0.3 is 6.18 Å². The van der Waals surface area contributed by atoms with Crippen molar-refractivity contribution in [2.24, 2.45) is 5.92 Å². The predicted octanol–water partition coefficient (Wildman–Crippen LogP) is 3.43. The first-order valence-corrected chi connectivity index (χ1v) is 7.00. The van der Waals surface area contributed by atoms with Crippen LogP contribution < -0.4 is 4.90 Å². The molecule has 0 bridgehead atoms. The van der Waals surface area contributed by atoms with Crippen LogP contribution in [0.4, 0.5) is 23.2 Å². The van der Waals surface area contributed by atoms with Crippen molar-refractivity contribution in [3.63, 3.8) is 0 Å². The molecule has 0 aliphatic rings. The van der Waals surface area contributed by atoms with Gasteiger partial charge in [0.2, 0.25) is 0 Å². The van der Waals surface area contributed by atoms with Crippen LogP contribution in [0.1, 0.15) is 6.42 Å². The van der Waals surface area contributed by atoms with Gasteiger partial charge in [-0.05, 0) is 0 Å². The second-order valence-corrected chi connectivity index (χ2v) is 5.38. The molecule has 0 radical (unpaired) electrons. The summed E-state index contributed by atoms with van der Waals surface area (Å²) >= 11 is 5.93. The van der Waals surface area contributed by atoms with E-state index in [1.54, 1.807) is 0 Å². The van der Waals surface area contributed by atoms with Crippen LogP contribution in [0.2, 0.25) is 5.15 Å². The monoisotopic (exact) mass is 363 g/mol. The highest BCUT2D eigenvalue weighted by atomic mass is 35.5. The number of amides is 1. The fourth-order valence-corrected chi connectivity index (χ4v) is 2.24. The second-order valence-electron chi connectivity index (χ2n) is 5.02. The summed E-state index contributed by atoms with van der Waals surface area (Å²) in [5, 5.41) is 3.77. The predicted molar refractivity (Wildman–Crippen MR) is 79.3 cm³/mol. The van der Waals surface area contributed by atoms with Crippen molar-refractivity contribution in [1.29, 1.82) is 0 Å². The standard InChI is InChI=1S/C14H12ClF4N4O/c1-8(4-14(17,18)19)13(24)22(2)11-7-23(21-12(11)15)10-3-9(16)5-20-6-10/h3,5-8H,1,4H2,2H3/q-1. The number of nitrogens with zero attached hydrogens (tertiary/aromatic N) is 4. The molecular formula is C14H12ClF4N4O-. The van der Waals surface area contributed by atoms with Crippen molar-refractivity contribution in [1.82, 2.24) is 14.8 Å². The Morgan fingerprint density at radius 3 is 2.71 bits per heavy atom. The first kappa shape index (κ1) is 18.2. The molecule has 2 rings (SSSR count). The fourth-order valence-electron chi connectivity index (χ4n) is 1.99. The number of anilines is 1. The van der Waals surface area contributed by atoms with Crippen molar-refractivity contribution in [3.8, 4) is 5.69 Å². The van der Waals surface area contributed by atoms with Crippen LogP contribution in [0.3, 0.4) is 0 Å². The molecule has 10 heteroatoms. The topological polar surface area (TPSA) is 51.0 Å². The van der Waals surface area contributed by atoms with E-state index in [0.717, 1.165) is 17.2 Å². The quantitative estimate of drug-likeness (QED) is 0.618. The van der Waals surface area contributed by atoms with E-state index in [9.17, 15) is 22.4 Å². The van der Waals surface area contributed by atoms with Crippen molar-refractivity contribution in [2.75, 3.05) is 11.9 Å². The van der Waals surface area contributed by atoms with Gasteiger partial charge in [0.05, 0.1) is 24.3 Å². The number of rotatable bonds is 4. The van der Waals surface area contributed by atoms with E-state index in [1.807, 2.05) is 0 Å². The molecule has 5 nitrogen and oxygen atoms in total. The number of alkyl halides is 3. The molecule has 0 aliphatic heterocycles. The minimum atomic E-state index is -4.51. The molecule has 1 atom stereocenters. The Morgan fingerprint density at radius 2 is 2.12 bits per heavy atom. The van der Waals surface area contributed by atoms with E-state index >= 15 is 0 Å². The lowest BCUT2D eigenvalue weighted by atomic mass is 10.1. The lowest BCUT2D eigenvalue weighted by molar-refractivity contribution is -0.149. The molecular weight excluding hydrogens is 352 g/mol. The molecule has 0 fully saturated rings. The third-order valence-electron chi connectivity index (χ3n) is 3.13. The highest BCUT2D eigenvalue weighted by Crippen LogP contribution is 2.29. The third-order valence-corrected chi connectivity index (χ3v) is 3.39. The Labute approximate surface area is 139 Å². The molecule has 1 unspecified atom stereocenters. The minimum Gasteiger partial charge on any atom is -0.331 e. The first-order chi connectivity index (χ1) is 11.1. The van der Waals surface area contributed by atoms with Gasteiger partial charge in [0.25, 0.3) is 0 Å². The summed E-state index contributed by atoms with van der Waals surface area (Å²) < 4.78 is 51.5. The van der Waals surface area contributed by atoms with Crippen molar-refractivity contribution < 1.29 is 22.4 Å². The zero-order valence-corrected chi connectivity index (χ0v) is 13.1. The van der Waals surface area contributed by atoms with Crippen LogP contribution in [-0.2, 0) is 4.79 Å². The molecule has 130 valence electrons. The Balaban J connectivity index is 2.24. The molecule has 0 aliphatic carbocycles. The first-order valence-electron chi connectivity index (χ1n) is 6.62. The summed E-state index contributed by atoms with van der Waals surface area (Å²) in [6, 6.07) is 1.13. The molecule has 24 heavy (non-hydrogen) atoms. The second kappa shape index (κ2) is 6.76. The van der Waals surface area contributed by atoms with E-state index in [0.29, 0.717) is 0 Å². The zero-order chi connectivity index (χ0) is 18.1. The van der Waals surface area contributed by atoms with E-state index in [4.69, 9.17) is 11.6 Å². The molecule has 2 heterocycles. The van der Waals surface area contributed by atoms with E-state index in [1.165, 1.54) is 24.1 Å². The van der Waals surface area contributed by atoms with Gasteiger partial charge in [-0.15, -0.1) is 0 Å². The van der Waals surface area contributed by atoms with Crippen LogP contribution in [0.25, 0.3) is 5.69 Å². The molecule has 2 aromatic heterocycles. The summed E-state index contributed by atoms with van der Waals surface area (Å²) in [6.45, 7) is 3.24. The van der Waals surface area contributed by atoms with Gasteiger partial charge in [-0.1, -0.05) is 17.5 Å².